The number of nitrogens with two attached hydrogens (primary N) is 2. The first kappa shape index (κ1) is 65.8. The minimum Gasteiger partial charge on any atom is -0.508 e. The maximum atomic E-state index is 14.2. The Morgan fingerprint density at radius 3 is 1.46 bits per heavy atom. The van der Waals surface area contributed by atoms with Gasteiger partial charge in [0.15, 0.2) is 0 Å². The highest BCUT2D eigenvalue weighted by atomic mass is 16.4. The van der Waals surface area contributed by atoms with Gasteiger partial charge >= 0.3 is 11.9 Å². The van der Waals surface area contributed by atoms with E-state index in [0.29, 0.717) is 5.56 Å². The van der Waals surface area contributed by atoms with E-state index in [1.54, 1.807) is 44.2 Å². The Kier molecular flexibility index (Phi) is 27.9. The summed E-state index contributed by atoms with van der Waals surface area (Å²) in [4.78, 5) is 156. The van der Waals surface area contributed by atoms with Gasteiger partial charge in [0.25, 0.3) is 0 Å². The summed E-state index contributed by atoms with van der Waals surface area (Å²) in [7, 11) is 0. The highest BCUT2D eigenvalue weighted by molar-refractivity contribution is 5.99. The smallest absolute Gasteiger partial charge is 0.326 e. The number of rotatable bonds is 34. The highest BCUT2D eigenvalue weighted by Gasteiger charge is 2.35. The second-order valence-electron chi connectivity index (χ2n) is 18.7. The fourth-order valence-corrected chi connectivity index (χ4v) is 7.20. The number of phenolic OH excluding ortho intramolecular Hbond substituents is 1. The molecule has 2 aromatic rings. The first-order chi connectivity index (χ1) is 36.7. The van der Waals surface area contributed by atoms with Crippen molar-refractivity contribution >= 4 is 71.0 Å². The molecule has 9 atom stereocenters. The SMILES string of the molecule is CC(C)C[C@H](NC(=O)[C@H](CCC(=O)O)NC(=O)[C@H](Cc1ccc(O)cc1)NC(=O)[C@H](CO)NC(=O)[C@H](CC(N)=O)NC(=O)[C@H](Cc1ccccc1)NC(=O)[C@@H](N)CO)C(=O)NCC(=O)N[C@@H](CO)C(=O)N[C@H](C(=O)O)C(C)C. The van der Waals surface area contributed by atoms with Crippen LogP contribution in [0.2, 0.25) is 0 Å². The number of aliphatic hydroxyl groups is 3. The number of carboxylic acid groups (broad SMARTS) is 2. The lowest BCUT2D eigenvalue weighted by Crippen LogP contribution is -2.61. The summed E-state index contributed by atoms with van der Waals surface area (Å²) in [5.41, 5.74) is 11.8. The maximum absolute atomic E-state index is 14.2. The molecule has 0 radical (unpaired) electrons. The molecule has 29 heteroatoms. The van der Waals surface area contributed by atoms with E-state index < -0.39 is 183 Å². The first-order valence-electron chi connectivity index (χ1n) is 24.5. The second kappa shape index (κ2) is 33.0. The van der Waals surface area contributed by atoms with Crippen LogP contribution in [0.15, 0.2) is 54.6 Å². The van der Waals surface area contributed by atoms with Gasteiger partial charge in [0.05, 0.1) is 32.8 Å². The van der Waals surface area contributed by atoms with Crippen LogP contribution in [0.25, 0.3) is 0 Å². The predicted octanol–water partition coefficient (Wildman–Crippen LogP) is -6.00. The number of aliphatic carboxylic acids is 2. The lowest BCUT2D eigenvalue weighted by atomic mass is 10.0. The van der Waals surface area contributed by atoms with E-state index in [0.717, 1.165) is 0 Å². The Balaban J connectivity index is 2.39. The number of hydrogen-bond donors (Lipinski definition) is 17. The van der Waals surface area contributed by atoms with Gasteiger partial charge in [-0.15, -0.1) is 0 Å². The summed E-state index contributed by atoms with van der Waals surface area (Å²) in [6, 6.07) is -1.16. The van der Waals surface area contributed by atoms with Gasteiger partial charge in [-0.1, -0.05) is 70.2 Å². The third-order valence-corrected chi connectivity index (χ3v) is 11.4. The highest BCUT2D eigenvalue weighted by Crippen LogP contribution is 2.14. The zero-order valence-electron chi connectivity index (χ0n) is 43.4. The average Bonchev–Trinajstić information content (AvgIpc) is 3.38. The van der Waals surface area contributed by atoms with Gasteiger partial charge in [0.2, 0.25) is 59.1 Å². The van der Waals surface area contributed by atoms with Gasteiger partial charge in [-0.2, -0.15) is 0 Å². The third kappa shape index (κ3) is 23.3. The minimum absolute atomic E-state index is 0.0891. The molecule has 0 spiro atoms. The number of primary amides is 1. The van der Waals surface area contributed by atoms with Crippen LogP contribution in [0.1, 0.15) is 64.5 Å². The van der Waals surface area contributed by atoms with Gasteiger partial charge in [-0.05, 0) is 47.9 Å². The lowest BCUT2D eigenvalue weighted by Gasteiger charge is -2.27. The van der Waals surface area contributed by atoms with Crippen molar-refractivity contribution in [2.75, 3.05) is 26.4 Å². The normalized spacial score (nSPS) is 14.5. The number of carbonyl (C=O) groups excluding carboxylic acids is 10. The molecule has 0 aliphatic carbocycles. The number of aromatic hydroxyl groups is 1. The molecule has 0 saturated heterocycles. The number of hydrogen-bond acceptors (Lipinski definition) is 17. The van der Waals surface area contributed by atoms with Crippen molar-refractivity contribution in [1.82, 2.24) is 47.9 Å². The van der Waals surface area contributed by atoms with E-state index in [2.05, 4.69) is 47.9 Å². The molecule has 0 aliphatic rings. The molecule has 0 saturated carbocycles. The molecule has 2 rings (SSSR count). The van der Waals surface area contributed by atoms with Crippen LogP contribution in [-0.4, -0.2) is 182 Å². The molecule has 0 unspecified atom stereocenters. The Labute approximate surface area is 447 Å². The molecule has 0 bridgehead atoms. The Hall–Kier alpha value is -8.28. The molecule has 2 aromatic carbocycles. The number of carbonyl (C=O) groups is 12. The number of nitrogens with one attached hydrogen (secondary N) is 9. The van der Waals surface area contributed by atoms with E-state index in [-0.39, 0.29) is 30.1 Å². The number of amides is 10. The van der Waals surface area contributed by atoms with Crippen molar-refractivity contribution in [3.8, 4) is 5.75 Å². The molecule has 0 fully saturated rings. The fourth-order valence-electron chi connectivity index (χ4n) is 7.20. The van der Waals surface area contributed by atoms with Crippen molar-refractivity contribution in [2.24, 2.45) is 23.3 Å². The zero-order valence-corrected chi connectivity index (χ0v) is 43.4. The number of benzene rings is 2. The summed E-state index contributed by atoms with van der Waals surface area (Å²) >= 11 is 0. The van der Waals surface area contributed by atoms with Crippen LogP contribution in [0.5, 0.6) is 5.75 Å². The van der Waals surface area contributed by atoms with E-state index in [9.17, 15) is 88.2 Å². The van der Waals surface area contributed by atoms with Crippen LogP contribution >= 0.6 is 0 Å². The average molecular weight is 1100 g/mol. The van der Waals surface area contributed by atoms with Gasteiger partial charge in [-0.3, -0.25) is 52.7 Å². The molecule has 0 heterocycles. The quantitative estimate of drug-likeness (QED) is 0.0310. The number of aliphatic hydroxyl groups excluding tert-OH is 3. The fraction of sp³-hybridized carbons (Fsp3) is 0.510. The summed E-state index contributed by atoms with van der Waals surface area (Å²) < 4.78 is 0. The molecule has 0 aliphatic heterocycles. The lowest BCUT2D eigenvalue weighted by molar-refractivity contribution is -0.143. The standard InChI is InChI=1S/C49H71N11O18/c1-24(2)16-31(42(70)52-20-38(66)53-35(22-62)48(76)60-40(25(3)4)49(77)78)56-43(71)30(14-15-39(67)68)54-44(72)33(18-27-10-12-28(64)13-11-27)57-47(75)36(23-63)59-46(74)34(19-37(51)65)58-45(73)32(55-41(69)29(50)21-61)17-26-8-6-5-7-9-26/h5-13,24-25,29-36,40,61-64H,14-23,50H2,1-4H3,(H2,51,65)(H,52,70)(H,53,66)(H,54,72)(H,55,69)(H,56,71)(H,57,75)(H,58,73)(H,59,74)(H,60,76)(H,67,68)(H,77,78)/t29-,30-,31-,32-,33-,34-,35-,36-,40-/m0/s1. The van der Waals surface area contributed by atoms with Crippen molar-refractivity contribution < 1.29 is 88.2 Å². The van der Waals surface area contributed by atoms with Crippen LogP contribution in [-0.2, 0) is 70.4 Å². The molecular weight excluding hydrogens is 1030 g/mol. The number of carboxylic acids is 2. The Bertz CT molecular complexity index is 2410. The van der Waals surface area contributed by atoms with Crippen molar-refractivity contribution in [1.29, 1.82) is 0 Å². The molecule has 430 valence electrons. The van der Waals surface area contributed by atoms with Crippen molar-refractivity contribution in [2.45, 2.75) is 121 Å². The molecule has 19 N–H and O–H groups in total. The Morgan fingerprint density at radius 1 is 0.513 bits per heavy atom. The summed E-state index contributed by atoms with van der Waals surface area (Å²) in [5, 5.41) is 79.0. The minimum atomic E-state index is -1.94. The van der Waals surface area contributed by atoms with E-state index in [4.69, 9.17) is 11.5 Å². The molecule has 10 amide bonds. The van der Waals surface area contributed by atoms with E-state index in [1.807, 2.05) is 0 Å². The van der Waals surface area contributed by atoms with Gasteiger partial charge in [-0.25, -0.2) is 4.79 Å². The topological polar surface area (TPSA) is 487 Å². The summed E-state index contributed by atoms with van der Waals surface area (Å²) in [6.07, 6.45) is -2.87. The molecule has 29 nitrogen and oxygen atoms in total. The van der Waals surface area contributed by atoms with Crippen molar-refractivity contribution in [3.63, 3.8) is 0 Å². The monoisotopic (exact) mass is 1100 g/mol. The molecular formula is C49H71N11O18. The van der Waals surface area contributed by atoms with E-state index in [1.165, 1.54) is 38.1 Å². The van der Waals surface area contributed by atoms with Crippen LogP contribution in [0, 0.1) is 11.8 Å². The van der Waals surface area contributed by atoms with Crippen LogP contribution < -0.4 is 59.3 Å². The van der Waals surface area contributed by atoms with Gasteiger partial charge in [0, 0.05) is 19.3 Å². The zero-order chi connectivity index (χ0) is 58.8. The molecule has 78 heavy (non-hydrogen) atoms. The predicted molar refractivity (Wildman–Crippen MR) is 272 cm³/mol. The largest absolute Gasteiger partial charge is 0.508 e. The first-order valence-corrected chi connectivity index (χ1v) is 24.5. The maximum Gasteiger partial charge on any atom is 0.326 e. The number of phenols is 1. The van der Waals surface area contributed by atoms with Gasteiger partial charge in [0.1, 0.15) is 60.1 Å². The van der Waals surface area contributed by atoms with Crippen LogP contribution in [0.4, 0.5) is 0 Å². The summed E-state index contributed by atoms with van der Waals surface area (Å²) in [6.45, 7) is 2.66. The third-order valence-electron chi connectivity index (χ3n) is 11.4. The second-order valence-corrected chi connectivity index (χ2v) is 18.7. The molecule has 0 aromatic heterocycles. The van der Waals surface area contributed by atoms with Gasteiger partial charge < -0.3 is 90.0 Å². The van der Waals surface area contributed by atoms with Crippen LogP contribution in [0.3, 0.4) is 0 Å². The summed E-state index contributed by atoms with van der Waals surface area (Å²) in [5.74, 6) is -14.7. The van der Waals surface area contributed by atoms with E-state index >= 15 is 0 Å². The van der Waals surface area contributed by atoms with Crippen molar-refractivity contribution in [3.05, 3.63) is 65.7 Å². The Morgan fingerprint density at radius 2 is 0.962 bits per heavy atom.